The monoisotopic (exact) mass is 219 g/mol. The van der Waals surface area contributed by atoms with Crippen LogP contribution < -0.4 is 5.32 Å². The summed E-state index contributed by atoms with van der Waals surface area (Å²) in [6.45, 7) is 8.06. The first-order chi connectivity index (χ1) is 6.31. The van der Waals surface area contributed by atoms with E-state index in [-0.39, 0.29) is 0 Å². The number of nitrogens with one attached hydrogen (secondary N) is 1. The Hall–Kier alpha value is 0.580. The van der Waals surface area contributed by atoms with Crippen molar-refractivity contribution in [2.24, 2.45) is 0 Å². The fourth-order valence-corrected chi connectivity index (χ4v) is 2.82. The maximum Gasteiger partial charge on any atom is 0.0631 e. The molecule has 2 saturated heterocycles. The second-order valence-electron chi connectivity index (χ2n) is 3.78. The lowest BCUT2D eigenvalue weighted by Crippen LogP contribution is -2.52. The molecule has 76 valence electrons. The number of hydrogen-bond donors (Lipinski definition) is 2. The van der Waals surface area contributed by atoms with Crippen LogP contribution in [-0.4, -0.2) is 54.1 Å². The summed E-state index contributed by atoms with van der Waals surface area (Å²) in [5.74, 6) is 0. The van der Waals surface area contributed by atoms with Gasteiger partial charge in [0.2, 0.25) is 0 Å². The predicted octanol–water partition coefficient (Wildman–Crippen LogP) is 0.457. The molecule has 2 fully saturated rings. The lowest BCUT2D eigenvalue weighted by Gasteiger charge is -2.39. The largest absolute Gasteiger partial charge is 0.303 e. The topological polar surface area (TPSA) is 18.5 Å². The van der Waals surface area contributed by atoms with E-state index in [0.717, 1.165) is 19.3 Å². The van der Waals surface area contributed by atoms with E-state index in [0.29, 0.717) is 5.37 Å². The Morgan fingerprint density at radius 3 is 3.15 bits per heavy atom. The molecule has 0 aromatic rings. The fourth-order valence-electron chi connectivity index (χ4n) is 2.09. The average molecular weight is 219 g/mol. The van der Waals surface area contributed by atoms with Crippen molar-refractivity contribution in [1.82, 2.24) is 15.1 Å². The molecule has 0 radical (unpaired) electrons. The third-order valence-corrected chi connectivity index (χ3v) is 4.52. The maximum absolute atomic E-state index is 4.27. The zero-order valence-electron chi connectivity index (χ0n) is 7.94. The van der Waals surface area contributed by atoms with Crippen LogP contribution in [0.15, 0.2) is 0 Å². The Morgan fingerprint density at radius 1 is 1.54 bits per heavy atom. The number of rotatable bonds is 2. The third-order valence-electron chi connectivity index (χ3n) is 3.00. The van der Waals surface area contributed by atoms with Crippen molar-refractivity contribution < 1.29 is 0 Å². The van der Waals surface area contributed by atoms with Gasteiger partial charge in [-0.25, -0.2) is 0 Å². The normalized spacial score (nSPS) is 33.2. The molecule has 0 spiro atoms. The van der Waals surface area contributed by atoms with Crippen LogP contribution in [0.3, 0.4) is 0 Å². The van der Waals surface area contributed by atoms with Crippen LogP contribution in [0.25, 0.3) is 0 Å². The van der Waals surface area contributed by atoms with Gasteiger partial charge in [0, 0.05) is 38.9 Å². The second kappa shape index (κ2) is 4.40. The molecule has 0 aromatic heterocycles. The van der Waals surface area contributed by atoms with Gasteiger partial charge < -0.3 is 5.32 Å². The van der Waals surface area contributed by atoms with E-state index < -0.39 is 0 Å². The first-order valence-electron chi connectivity index (χ1n) is 4.80. The van der Waals surface area contributed by atoms with Gasteiger partial charge in [-0.2, -0.15) is 0 Å². The van der Waals surface area contributed by atoms with Gasteiger partial charge in [-0.3, -0.25) is 9.80 Å². The van der Waals surface area contributed by atoms with Crippen LogP contribution in [0.5, 0.6) is 0 Å². The number of piperazine rings is 1. The molecule has 2 unspecified atom stereocenters. The summed E-state index contributed by atoms with van der Waals surface area (Å²) in [4.78, 5) is 5.05. The molecule has 13 heavy (non-hydrogen) atoms. The van der Waals surface area contributed by atoms with Crippen molar-refractivity contribution in [3.05, 3.63) is 0 Å². The van der Waals surface area contributed by atoms with Crippen LogP contribution in [0, 0.1) is 0 Å². The summed E-state index contributed by atoms with van der Waals surface area (Å²) in [6.07, 6.45) is 0. The molecule has 0 bridgehead atoms. The van der Waals surface area contributed by atoms with E-state index in [1.807, 2.05) is 0 Å². The molecule has 0 saturated carbocycles. The number of thiol groups is 1. The summed E-state index contributed by atoms with van der Waals surface area (Å²) in [7, 11) is 1.65. The molecule has 0 aromatic carbocycles. The zero-order chi connectivity index (χ0) is 9.26. The molecular formula is C8H17N3S2. The molecule has 0 aliphatic carbocycles. The van der Waals surface area contributed by atoms with Crippen LogP contribution in [0.4, 0.5) is 0 Å². The zero-order valence-corrected chi connectivity index (χ0v) is 9.65. The SMILES string of the molecule is CC(SS)N1CCN2CNCC2C1. The first-order valence-corrected chi connectivity index (χ1v) is 6.73. The molecule has 2 atom stereocenters. The van der Waals surface area contributed by atoms with E-state index in [9.17, 15) is 0 Å². The maximum atomic E-state index is 4.27. The minimum absolute atomic E-state index is 0.547. The van der Waals surface area contributed by atoms with Crippen molar-refractivity contribution in [2.45, 2.75) is 18.3 Å². The Kier molecular flexibility index (Phi) is 3.42. The molecule has 2 aliphatic rings. The highest BCUT2D eigenvalue weighted by Gasteiger charge is 2.31. The van der Waals surface area contributed by atoms with Crippen molar-refractivity contribution in [2.75, 3.05) is 32.8 Å². The van der Waals surface area contributed by atoms with Crippen LogP contribution >= 0.6 is 22.5 Å². The van der Waals surface area contributed by atoms with Gasteiger partial charge in [0.05, 0.1) is 5.37 Å². The highest BCUT2D eigenvalue weighted by atomic mass is 33.1. The van der Waals surface area contributed by atoms with Crippen molar-refractivity contribution in [3.8, 4) is 0 Å². The van der Waals surface area contributed by atoms with Crippen molar-refractivity contribution in [1.29, 1.82) is 0 Å². The Bertz CT molecular complexity index is 179. The molecule has 1 N–H and O–H groups in total. The van der Waals surface area contributed by atoms with Crippen LogP contribution in [-0.2, 0) is 0 Å². The smallest absolute Gasteiger partial charge is 0.0631 e. The summed E-state index contributed by atoms with van der Waals surface area (Å²) in [5, 5.41) is 3.96. The van der Waals surface area contributed by atoms with E-state index in [1.54, 1.807) is 10.8 Å². The number of nitrogens with zero attached hydrogens (tertiary/aromatic N) is 2. The van der Waals surface area contributed by atoms with Gasteiger partial charge in [0.1, 0.15) is 0 Å². The quantitative estimate of drug-likeness (QED) is 0.519. The predicted molar refractivity (Wildman–Crippen MR) is 61.0 cm³/mol. The van der Waals surface area contributed by atoms with Gasteiger partial charge in [-0.1, -0.05) is 10.8 Å². The molecule has 2 rings (SSSR count). The molecular weight excluding hydrogens is 202 g/mol. The van der Waals surface area contributed by atoms with Crippen molar-refractivity contribution in [3.63, 3.8) is 0 Å². The highest BCUT2D eigenvalue weighted by molar-refractivity contribution is 8.68. The Balaban J connectivity index is 1.89. The lowest BCUT2D eigenvalue weighted by atomic mass is 10.2. The average Bonchev–Trinajstić information content (AvgIpc) is 2.63. The minimum atomic E-state index is 0.547. The molecule has 2 aliphatic heterocycles. The number of hydrogen-bond acceptors (Lipinski definition) is 5. The van der Waals surface area contributed by atoms with Gasteiger partial charge in [0.15, 0.2) is 0 Å². The standard InChI is InChI=1S/C8H17N3S2/c1-7(13-12)10-2-3-11-6-9-4-8(11)5-10/h7-9,12H,2-6H2,1H3. The van der Waals surface area contributed by atoms with Gasteiger partial charge in [-0.05, 0) is 6.92 Å². The first kappa shape index (κ1) is 10.1. The van der Waals surface area contributed by atoms with Crippen LogP contribution in [0.1, 0.15) is 6.92 Å². The van der Waals surface area contributed by atoms with Gasteiger partial charge >= 0.3 is 0 Å². The lowest BCUT2D eigenvalue weighted by molar-refractivity contribution is 0.105. The molecule has 3 nitrogen and oxygen atoms in total. The second-order valence-corrected chi connectivity index (χ2v) is 5.30. The van der Waals surface area contributed by atoms with E-state index >= 15 is 0 Å². The van der Waals surface area contributed by atoms with Crippen LogP contribution in [0.2, 0.25) is 0 Å². The molecule has 2 heterocycles. The summed E-state index contributed by atoms with van der Waals surface area (Å²) < 4.78 is 0. The van der Waals surface area contributed by atoms with Crippen molar-refractivity contribution >= 4 is 22.5 Å². The molecule has 0 amide bonds. The summed E-state index contributed by atoms with van der Waals surface area (Å²) in [5.41, 5.74) is 0. The van der Waals surface area contributed by atoms with Gasteiger partial charge in [-0.15, -0.1) is 11.7 Å². The van der Waals surface area contributed by atoms with Gasteiger partial charge in [0.25, 0.3) is 0 Å². The Labute approximate surface area is 89.0 Å². The molecule has 5 heteroatoms. The highest BCUT2D eigenvalue weighted by Crippen LogP contribution is 2.22. The summed E-state index contributed by atoms with van der Waals surface area (Å²) >= 11 is 4.27. The number of fused-ring (bicyclic) bond motifs is 1. The minimum Gasteiger partial charge on any atom is -0.303 e. The van der Waals surface area contributed by atoms with E-state index in [1.165, 1.54) is 19.6 Å². The summed E-state index contributed by atoms with van der Waals surface area (Å²) in [6, 6.07) is 0.733. The Morgan fingerprint density at radius 2 is 2.38 bits per heavy atom. The van der Waals surface area contributed by atoms with E-state index in [2.05, 4.69) is 33.7 Å². The third kappa shape index (κ3) is 2.15. The fraction of sp³-hybridized carbons (Fsp3) is 1.00. The van der Waals surface area contributed by atoms with E-state index in [4.69, 9.17) is 0 Å².